The van der Waals surface area contributed by atoms with Crippen molar-refractivity contribution < 1.29 is 9.59 Å². The number of nitrogens with one attached hydrogen (secondary N) is 1. The van der Waals surface area contributed by atoms with Gasteiger partial charge >= 0.3 is 0 Å². The van der Waals surface area contributed by atoms with Crippen LogP contribution in [0, 0.1) is 0 Å². The van der Waals surface area contributed by atoms with E-state index in [4.69, 9.17) is 0 Å². The number of benzene rings is 1. The highest BCUT2D eigenvalue weighted by Gasteiger charge is 2.29. The van der Waals surface area contributed by atoms with Gasteiger partial charge in [0.15, 0.2) is 0 Å². The number of carbonyl (C=O) groups excluding carboxylic acids is 2. The summed E-state index contributed by atoms with van der Waals surface area (Å²) in [5.41, 5.74) is 1.55. The van der Waals surface area contributed by atoms with Crippen molar-refractivity contribution in [3.63, 3.8) is 0 Å². The maximum Gasteiger partial charge on any atom is 0.251 e. The second-order valence-corrected chi connectivity index (χ2v) is 3.99. The molecule has 0 bridgehead atoms. The van der Waals surface area contributed by atoms with Crippen LogP contribution < -0.4 is 5.32 Å². The van der Waals surface area contributed by atoms with Gasteiger partial charge in [-0.25, -0.2) is 4.68 Å². The number of imide groups is 1. The van der Waals surface area contributed by atoms with E-state index in [1.807, 2.05) is 24.3 Å². The molecular formula is C11H10N4O2. The van der Waals surface area contributed by atoms with Gasteiger partial charge in [-0.2, -0.15) is 0 Å². The lowest BCUT2D eigenvalue weighted by Crippen LogP contribution is -2.42. The predicted molar refractivity (Wildman–Crippen MR) is 58.9 cm³/mol. The number of para-hydroxylation sites is 1. The van der Waals surface area contributed by atoms with E-state index in [0.29, 0.717) is 12.8 Å². The van der Waals surface area contributed by atoms with Crippen LogP contribution >= 0.6 is 0 Å². The summed E-state index contributed by atoms with van der Waals surface area (Å²) in [7, 11) is 0. The van der Waals surface area contributed by atoms with Crippen molar-refractivity contribution in [3.8, 4) is 0 Å². The molecule has 1 unspecified atom stereocenters. The molecule has 2 heterocycles. The van der Waals surface area contributed by atoms with Gasteiger partial charge in [0, 0.05) is 6.42 Å². The number of nitrogens with zero attached hydrogens (tertiary/aromatic N) is 3. The molecule has 86 valence electrons. The van der Waals surface area contributed by atoms with E-state index in [9.17, 15) is 9.59 Å². The van der Waals surface area contributed by atoms with Gasteiger partial charge in [0.1, 0.15) is 11.6 Å². The summed E-state index contributed by atoms with van der Waals surface area (Å²) in [5, 5.41) is 10.3. The summed E-state index contributed by atoms with van der Waals surface area (Å²) in [6.45, 7) is 0. The Morgan fingerprint density at radius 1 is 1.29 bits per heavy atom. The average Bonchev–Trinajstić information content (AvgIpc) is 2.73. The van der Waals surface area contributed by atoms with Crippen molar-refractivity contribution in [2.45, 2.75) is 18.9 Å². The summed E-state index contributed by atoms with van der Waals surface area (Å²) < 4.78 is 1.58. The van der Waals surface area contributed by atoms with E-state index in [1.165, 1.54) is 0 Å². The molecule has 6 heteroatoms. The number of aromatic nitrogens is 3. The second-order valence-electron chi connectivity index (χ2n) is 3.99. The van der Waals surface area contributed by atoms with E-state index >= 15 is 0 Å². The van der Waals surface area contributed by atoms with Crippen molar-refractivity contribution in [2.24, 2.45) is 0 Å². The molecule has 0 radical (unpaired) electrons. The van der Waals surface area contributed by atoms with Crippen molar-refractivity contribution in [1.29, 1.82) is 0 Å². The first-order valence-corrected chi connectivity index (χ1v) is 5.39. The zero-order valence-corrected chi connectivity index (χ0v) is 8.96. The van der Waals surface area contributed by atoms with Gasteiger partial charge < -0.3 is 0 Å². The third-order valence-corrected chi connectivity index (χ3v) is 2.88. The highest BCUT2D eigenvalue weighted by molar-refractivity contribution is 5.99. The SMILES string of the molecule is O=C1CCC(n2nnc3ccccc32)C(=O)N1. The van der Waals surface area contributed by atoms with Crippen LogP contribution in [0.2, 0.25) is 0 Å². The average molecular weight is 230 g/mol. The molecule has 2 aromatic rings. The lowest BCUT2D eigenvalue weighted by Gasteiger charge is -2.20. The van der Waals surface area contributed by atoms with E-state index in [2.05, 4.69) is 15.6 Å². The Kier molecular flexibility index (Phi) is 2.14. The fourth-order valence-corrected chi connectivity index (χ4v) is 2.03. The maximum absolute atomic E-state index is 11.7. The number of carbonyl (C=O) groups is 2. The number of rotatable bonds is 1. The van der Waals surface area contributed by atoms with E-state index in [1.54, 1.807) is 4.68 Å². The van der Waals surface area contributed by atoms with Gasteiger partial charge in [0.25, 0.3) is 5.91 Å². The number of hydrogen-bond donors (Lipinski definition) is 1. The molecule has 3 rings (SSSR count). The summed E-state index contributed by atoms with van der Waals surface area (Å²) in [6.07, 6.45) is 0.808. The number of piperidine rings is 1. The standard InChI is InChI=1S/C11H10N4O2/c16-10-6-5-9(11(17)12-10)15-8-4-2-1-3-7(8)13-14-15/h1-4,9H,5-6H2,(H,12,16,17). The van der Waals surface area contributed by atoms with Gasteiger partial charge in [-0.3, -0.25) is 14.9 Å². The maximum atomic E-state index is 11.7. The second kappa shape index (κ2) is 3.65. The normalized spacial score (nSPS) is 20.6. The Labute approximate surface area is 96.6 Å². The monoisotopic (exact) mass is 230 g/mol. The quantitative estimate of drug-likeness (QED) is 0.720. The van der Waals surface area contributed by atoms with Gasteiger partial charge in [-0.05, 0) is 18.6 Å². The topological polar surface area (TPSA) is 76.9 Å². The Bertz CT molecular complexity index is 604. The highest BCUT2D eigenvalue weighted by Crippen LogP contribution is 2.21. The molecular weight excluding hydrogens is 220 g/mol. The summed E-state index contributed by atoms with van der Waals surface area (Å²) in [5.74, 6) is -0.535. The summed E-state index contributed by atoms with van der Waals surface area (Å²) in [4.78, 5) is 22.8. The van der Waals surface area contributed by atoms with Crippen LogP contribution in [0.15, 0.2) is 24.3 Å². The number of hydrogen-bond acceptors (Lipinski definition) is 4. The smallest absolute Gasteiger partial charge is 0.251 e. The van der Waals surface area contributed by atoms with Crippen molar-refractivity contribution in [1.82, 2.24) is 20.3 Å². The van der Waals surface area contributed by atoms with Crippen molar-refractivity contribution in [2.75, 3.05) is 0 Å². The lowest BCUT2D eigenvalue weighted by atomic mass is 10.1. The van der Waals surface area contributed by atoms with Crippen molar-refractivity contribution >= 4 is 22.8 Å². The molecule has 17 heavy (non-hydrogen) atoms. The fourth-order valence-electron chi connectivity index (χ4n) is 2.03. The molecule has 1 N–H and O–H groups in total. The van der Waals surface area contributed by atoms with Gasteiger partial charge in [0.05, 0.1) is 5.52 Å². The molecule has 1 aromatic carbocycles. The third kappa shape index (κ3) is 1.57. The van der Waals surface area contributed by atoms with E-state index < -0.39 is 6.04 Å². The summed E-state index contributed by atoms with van der Waals surface area (Å²) >= 11 is 0. The zero-order chi connectivity index (χ0) is 11.8. The molecule has 1 aliphatic rings. The summed E-state index contributed by atoms with van der Waals surface area (Å²) in [6, 6.07) is 6.99. The van der Waals surface area contributed by atoms with Gasteiger partial charge in [0.2, 0.25) is 5.91 Å². The first kappa shape index (κ1) is 9.95. The molecule has 1 aromatic heterocycles. The molecule has 0 spiro atoms. The van der Waals surface area contributed by atoms with Crippen LogP contribution in [0.1, 0.15) is 18.9 Å². The van der Waals surface area contributed by atoms with Crippen LogP contribution in [-0.4, -0.2) is 26.8 Å². The Morgan fingerprint density at radius 2 is 2.12 bits per heavy atom. The van der Waals surface area contributed by atoms with Crippen LogP contribution in [-0.2, 0) is 9.59 Å². The molecule has 0 aliphatic carbocycles. The Morgan fingerprint density at radius 3 is 2.94 bits per heavy atom. The highest BCUT2D eigenvalue weighted by atomic mass is 16.2. The molecule has 1 aliphatic heterocycles. The third-order valence-electron chi connectivity index (χ3n) is 2.88. The molecule has 1 saturated heterocycles. The van der Waals surface area contributed by atoms with Crippen LogP contribution in [0.4, 0.5) is 0 Å². The molecule has 0 saturated carbocycles. The van der Waals surface area contributed by atoms with Crippen molar-refractivity contribution in [3.05, 3.63) is 24.3 Å². The van der Waals surface area contributed by atoms with E-state index in [-0.39, 0.29) is 11.8 Å². The Balaban J connectivity index is 2.04. The van der Waals surface area contributed by atoms with Crippen LogP contribution in [0.25, 0.3) is 11.0 Å². The van der Waals surface area contributed by atoms with Crippen LogP contribution in [0.5, 0.6) is 0 Å². The Hall–Kier alpha value is -2.24. The van der Waals surface area contributed by atoms with Gasteiger partial charge in [-0.1, -0.05) is 17.3 Å². The van der Waals surface area contributed by atoms with Crippen LogP contribution in [0.3, 0.4) is 0 Å². The first-order valence-electron chi connectivity index (χ1n) is 5.39. The predicted octanol–water partition coefficient (Wildman–Crippen LogP) is 0.409. The first-order chi connectivity index (χ1) is 8.25. The molecule has 2 amide bonds. The molecule has 1 fully saturated rings. The minimum absolute atomic E-state index is 0.226. The molecule has 6 nitrogen and oxygen atoms in total. The largest absolute Gasteiger partial charge is 0.295 e. The minimum atomic E-state index is -0.444. The molecule has 1 atom stereocenters. The minimum Gasteiger partial charge on any atom is -0.295 e. The lowest BCUT2D eigenvalue weighted by molar-refractivity contribution is -0.135. The number of fused-ring (bicyclic) bond motifs is 1. The van der Waals surface area contributed by atoms with E-state index in [0.717, 1.165) is 11.0 Å². The zero-order valence-electron chi connectivity index (χ0n) is 8.96. The van der Waals surface area contributed by atoms with Gasteiger partial charge in [-0.15, -0.1) is 5.10 Å². The number of amides is 2. The fraction of sp³-hybridized carbons (Fsp3) is 0.273.